The second-order valence-electron chi connectivity index (χ2n) is 3.71. The molecular formula is C11H14FN3O2. The fourth-order valence-corrected chi connectivity index (χ4v) is 1.88. The molecule has 1 heterocycles. The van der Waals surface area contributed by atoms with Gasteiger partial charge in [0.1, 0.15) is 5.82 Å². The highest BCUT2D eigenvalue weighted by Gasteiger charge is 2.21. The van der Waals surface area contributed by atoms with E-state index in [4.69, 9.17) is 10.6 Å². The highest BCUT2D eigenvalue weighted by Crippen LogP contribution is 2.25. The molecule has 5 nitrogen and oxygen atoms in total. The molecule has 0 aromatic heterocycles. The van der Waals surface area contributed by atoms with Gasteiger partial charge in [0.15, 0.2) is 0 Å². The van der Waals surface area contributed by atoms with Gasteiger partial charge >= 0.3 is 0 Å². The van der Waals surface area contributed by atoms with E-state index in [1.165, 1.54) is 12.1 Å². The number of rotatable bonds is 2. The maximum atomic E-state index is 13.8. The first-order valence-corrected chi connectivity index (χ1v) is 5.36. The Morgan fingerprint density at radius 2 is 2.12 bits per heavy atom. The third kappa shape index (κ3) is 2.37. The zero-order chi connectivity index (χ0) is 12.3. The molecule has 0 radical (unpaired) electrons. The van der Waals surface area contributed by atoms with Crippen LogP contribution in [0.3, 0.4) is 0 Å². The van der Waals surface area contributed by atoms with Gasteiger partial charge in [0.25, 0.3) is 5.91 Å². The molecular weight excluding hydrogens is 225 g/mol. The predicted molar refractivity (Wildman–Crippen MR) is 61.1 cm³/mol. The van der Waals surface area contributed by atoms with Crippen molar-refractivity contribution in [3.05, 3.63) is 29.6 Å². The summed E-state index contributed by atoms with van der Waals surface area (Å²) in [7, 11) is 0. The van der Waals surface area contributed by atoms with Gasteiger partial charge in [0.2, 0.25) is 0 Å². The van der Waals surface area contributed by atoms with E-state index in [0.717, 1.165) is 0 Å². The number of morpholine rings is 1. The van der Waals surface area contributed by atoms with Crippen molar-refractivity contribution in [2.45, 2.75) is 0 Å². The molecule has 92 valence electrons. The smallest absolute Gasteiger partial charge is 0.267 e. The normalized spacial score (nSPS) is 15.8. The number of anilines is 1. The van der Waals surface area contributed by atoms with Crippen molar-refractivity contribution < 1.29 is 13.9 Å². The first kappa shape index (κ1) is 11.8. The largest absolute Gasteiger partial charge is 0.378 e. The summed E-state index contributed by atoms with van der Waals surface area (Å²) in [6.45, 7) is 2.17. The standard InChI is InChI=1S/C11H14FN3O2/c12-9-3-1-2-8(11(16)14-13)10(9)15-4-6-17-7-5-15/h1-3H,4-7,13H2,(H,14,16). The number of amides is 1. The van der Waals surface area contributed by atoms with Crippen molar-refractivity contribution in [1.29, 1.82) is 0 Å². The number of para-hydroxylation sites is 1. The number of nitrogens with two attached hydrogens (primary N) is 1. The summed E-state index contributed by atoms with van der Waals surface area (Å²) < 4.78 is 19.0. The zero-order valence-corrected chi connectivity index (χ0v) is 9.28. The third-order valence-corrected chi connectivity index (χ3v) is 2.69. The molecule has 0 aliphatic carbocycles. The van der Waals surface area contributed by atoms with E-state index in [9.17, 15) is 9.18 Å². The Balaban J connectivity index is 2.39. The molecule has 1 aliphatic rings. The fourth-order valence-electron chi connectivity index (χ4n) is 1.88. The van der Waals surface area contributed by atoms with Crippen LogP contribution in [0.1, 0.15) is 10.4 Å². The monoisotopic (exact) mass is 239 g/mol. The minimum Gasteiger partial charge on any atom is -0.378 e. The van der Waals surface area contributed by atoms with Crippen molar-refractivity contribution in [1.82, 2.24) is 5.43 Å². The van der Waals surface area contributed by atoms with E-state index < -0.39 is 11.7 Å². The van der Waals surface area contributed by atoms with E-state index in [-0.39, 0.29) is 5.56 Å². The molecule has 1 aliphatic heterocycles. The minimum absolute atomic E-state index is 0.245. The van der Waals surface area contributed by atoms with Crippen molar-refractivity contribution in [2.24, 2.45) is 5.84 Å². The third-order valence-electron chi connectivity index (χ3n) is 2.69. The number of benzene rings is 1. The molecule has 6 heteroatoms. The molecule has 0 bridgehead atoms. The lowest BCUT2D eigenvalue weighted by Gasteiger charge is -2.30. The van der Waals surface area contributed by atoms with Gasteiger partial charge in [0.05, 0.1) is 24.5 Å². The molecule has 0 unspecified atom stereocenters. The van der Waals surface area contributed by atoms with Gasteiger partial charge in [-0.05, 0) is 12.1 Å². The summed E-state index contributed by atoms with van der Waals surface area (Å²) >= 11 is 0. The van der Waals surface area contributed by atoms with Gasteiger partial charge in [-0.1, -0.05) is 6.07 Å². The summed E-state index contributed by atoms with van der Waals surface area (Å²) in [6.07, 6.45) is 0. The Kier molecular flexibility index (Phi) is 3.55. The molecule has 17 heavy (non-hydrogen) atoms. The Bertz CT molecular complexity index is 419. The lowest BCUT2D eigenvalue weighted by molar-refractivity contribution is 0.0951. The van der Waals surface area contributed by atoms with Crippen LogP contribution in [0.2, 0.25) is 0 Å². The van der Waals surface area contributed by atoms with E-state index in [1.807, 2.05) is 5.43 Å². The van der Waals surface area contributed by atoms with Crippen LogP contribution in [0, 0.1) is 5.82 Å². The average Bonchev–Trinajstić information content (AvgIpc) is 2.38. The number of hydrogen-bond donors (Lipinski definition) is 2. The molecule has 0 saturated carbocycles. The molecule has 1 fully saturated rings. The first-order valence-electron chi connectivity index (χ1n) is 5.36. The van der Waals surface area contributed by atoms with Crippen molar-refractivity contribution in [3.8, 4) is 0 Å². The Hall–Kier alpha value is -1.66. The van der Waals surface area contributed by atoms with Crippen LogP contribution in [0.15, 0.2) is 18.2 Å². The Morgan fingerprint density at radius 1 is 1.41 bits per heavy atom. The minimum atomic E-state index is -0.494. The molecule has 1 aromatic rings. The van der Waals surface area contributed by atoms with Crippen LogP contribution in [-0.2, 0) is 4.74 Å². The maximum Gasteiger partial charge on any atom is 0.267 e. The first-order chi connectivity index (χ1) is 8.24. The van der Waals surface area contributed by atoms with E-state index >= 15 is 0 Å². The quantitative estimate of drug-likeness (QED) is 0.441. The number of halogens is 1. The number of nitrogens with one attached hydrogen (secondary N) is 1. The summed E-state index contributed by atoms with van der Waals surface area (Å²) in [6, 6.07) is 4.37. The second kappa shape index (κ2) is 5.11. The average molecular weight is 239 g/mol. The molecule has 0 atom stereocenters. The van der Waals surface area contributed by atoms with Crippen LogP contribution in [0.4, 0.5) is 10.1 Å². The fraction of sp³-hybridized carbons (Fsp3) is 0.364. The van der Waals surface area contributed by atoms with Crippen LogP contribution in [0.25, 0.3) is 0 Å². The zero-order valence-electron chi connectivity index (χ0n) is 9.28. The van der Waals surface area contributed by atoms with Crippen LogP contribution >= 0.6 is 0 Å². The summed E-state index contributed by atoms with van der Waals surface area (Å²) in [5, 5.41) is 0. The van der Waals surface area contributed by atoms with Crippen LogP contribution in [0.5, 0.6) is 0 Å². The van der Waals surface area contributed by atoms with E-state index in [2.05, 4.69) is 0 Å². The summed E-state index contributed by atoms with van der Waals surface area (Å²) in [5.74, 6) is 4.17. The number of ether oxygens (including phenoxy) is 1. The number of hydrazine groups is 1. The highest BCUT2D eigenvalue weighted by molar-refractivity contribution is 5.99. The summed E-state index contributed by atoms with van der Waals surface area (Å²) in [5.41, 5.74) is 2.56. The van der Waals surface area contributed by atoms with Gasteiger partial charge in [-0.15, -0.1) is 0 Å². The van der Waals surface area contributed by atoms with Gasteiger partial charge in [-0.25, -0.2) is 10.2 Å². The van der Waals surface area contributed by atoms with Gasteiger partial charge in [-0.3, -0.25) is 10.2 Å². The van der Waals surface area contributed by atoms with Crippen LogP contribution < -0.4 is 16.2 Å². The van der Waals surface area contributed by atoms with Gasteiger partial charge < -0.3 is 9.64 Å². The molecule has 2 rings (SSSR count). The molecule has 0 spiro atoms. The lowest BCUT2D eigenvalue weighted by Crippen LogP contribution is -2.39. The summed E-state index contributed by atoms with van der Waals surface area (Å²) in [4.78, 5) is 13.4. The van der Waals surface area contributed by atoms with E-state index in [0.29, 0.717) is 32.0 Å². The van der Waals surface area contributed by atoms with Crippen LogP contribution in [-0.4, -0.2) is 32.2 Å². The number of carbonyl (C=O) groups is 1. The molecule has 1 aromatic carbocycles. The van der Waals surface area contributed by atoms with E-state index in [1.54, 1.807) is 11.0 Å². The molecule has 1 saturated heterocycles. The van der Waals surface area contributed by atoms with Crippen molar-refractivity contribution in [2.75, 3.05) is 31.2 Å². The Labute approximate surface area is 98.3 Å². The van der Waals surface area contributed by atoms with Gasteiger partial charge in [-0.2, -0.15) is 0 Å². The van der Waals surface area contributed by atoms with Crippen molar-refractivity contribution >= 4 is 11.6 Å². The Morgan fingerprint density at radius 3 is 2.76 bits per heavy atom. The number of nitrogens with zero attached hydrogens (tertiary/aromatic N) is 1. The maximum absolute atomic E-state index is 13.8. The van der Waals surface area contributed by atoms with Crippen molar-refractivity contribution in [3.63, 3.8) is 0 Å². The topological polar surface area (TPSA) is 67.6 Å². The second-order valence-corrected chi connectivity index (χ2v) is 3.71. The lowest BCUT2D eigenvalue weighted by atomic mass is 10.1. The number of hydrogen-bond acceptors (Lipinski definition) is 4. The number of carbonyl (C=O) groups excluding carboxylic acids is 1. The number of nitrogen functional groups attached to an aromatic ring is 1. The highest BCUT2D eigenvalue weighted by atomic mass is 19.1. The molecule has 1 amide bonds. The predicted octanol–water partition coefficient (Wildman–Crippen LogP) is 0.266. The SMILES string of the molecule is NNC(=O)c1cccc(F)c1N1CCOCC1. The molecule has 3 N–H and O–H groups in total. The van der Waals surface area contributed by atoms with Gasteiger partial charge in [0, 0.05) is 13.1 Å².